The smallest absolute Gasteiger partial charge is 0.268 e. The molecule has 5 rings (SSSR count). The van der Waals surface area contributed by atoms with Gasteiger partial charge in [0.1, 0.15) is 5.57 Å². The van der Waals surface area contributed by atoms with E-state index in [0.717, 1.165) is 25.6 Å². The van der Waals surface area contributed by atoms with Gasteiger partial charge in [0, 0.05) is 8.95 Å². The van der Waals surface area contributed by atoms with Crippen molar-refractivity contribution in [3.8, 4) is 0 Å². The van der Waals surface area contributed by atoms with Crippen LogP contribution in [0.2, 0.25) is 0 Å². The predicted octanol–water partition coefficient (Wildman–Crippen LogP) is 7.55. The standard InChI is InChI=1S/C30H20Br2N2O2S/c31-23-16-15-20(17-21-9-7-8-14-27(21)32)22(18-23)19-26-28(35)33(24-10-3-1-4-11-24)30(37)34(29(26)36)25-12-5-2-6-13-25/h1-16,18-19H,17H2. The number of rotatable bonds is 5. The zero-order valence-corrected chi connectivity index (χ0v) is 23.5. The molecule has 0 spiro atoms. The number of hydrogen-bond acceptors (Lipinski definition) is 3. The van der Waals surface area contributed by atoms with Gasteiger partial charge in [-0.15, -0.1) is 0 Å². The number of hydrogen-bond donors (Lipinski definition) is 0. The maximum absolute atomic E-state index is 13.8. The van der Waals surface area contributed by atoms with Gasteiger partial charge in [-0.2, -0.15) is 0 Å². The summed E-state index contributed by atoms with van der Waals surface area (Å²) in [5.74, 6) is -0.916. The van der Waals surface area contributed by atoms with Crippen molar-refractivity contribution >= 4 is 78.5 Å². The minimum absolute atomic E-state index is 0.0350. The van der Waals surface area contributed by atoms with E-state index in [9.17, 15) is 9.59 Å². The van der Waals surface area contributed by atoms with Crippen molar-refractivity contribution < 1.29 is 9.59 Å². The van der Waals surface area contributed by atoms with Crippen LogP contribution in [0.4, 0.5) is 11.4 Å². The average molecular weight is 632 g/mol. The fraction of sp³-hybridized carbons (Fsp3) is 0.0333. The number of benzene rings is 4. The fourth-order valence-electron chi connectivity index (χ4n) is 4.20. The van der Waals surface area contributed by atoms with Gasteiger partial charge in [-0.1, -0.05) is 92.5 Å². The van der Waals surface area contributed by atoms with Crippen LogP contribution in [0.25, 0.3) is 6.08 Å². The van der Waals surface area contributed by atoms with Crippen LogP contribution in [-0.4, -0.2) is 16.9 Å². The van der Waals surface area contributed by atoms with E-state index in [2.05, 4.69) is 31.9 Å². The SMILES string of the molecule is O=C1C(=Cc2cc(Br)ccc2Cc2ccccc2Br)C(=O)N(c2ccccc2)C(=S)N1c1ccccc1. The molecule has 1 heterocycles. The normalized spacial score (nSPS) is 13.8. The van der Waals surface area contributed by atoms with Crippen LogP contribution in [0.3, 0.4) is 0 Å². The molecule has 7 heteroatoms. The quantitative estimate of drug-likeness (QED) is 0.130. The van der Waals surface area contributed by atoms with E-state index in [-0.39, 0.29) is 10.7 Å². The zero-order valence-electron chi connectivity index (χ0n) is 19.5. The third-order valence-electron chi connectivity index (χ3n) is 6.02. The lowest BCUT2D eigenvalue weighted by Crippen LogP contribution is -2.56. The molecule has 37 heavy (non-hydrogen) atoms. The lowest BCUT2D eigenvalue weighted by molar-refractivity contribution is -0.120. The van der Waals surface area contributed by atoms with Crippen molar-refractivity contribution in [2.75, 3.05) is 9.80 Å². The number of para-hydroxylation sites is 2. The first-order valence-electron chi connectivity index (χ1n) is 11.5. The number of amides is 2. The summed E-state index contributed by atoms with van der Waals surface area (Å²) >= 11 is 12.9. The summed E-state index contributed by atoms with van der Waals surface area (Å²) in [5, 5.41) is 0.118. The molecule has 182 valence electrons. The molecule has 2 amide bonds. The molecule has 0 atom stereocenters. The van der Waals surface area contributed by atoms with E-state index in [0.29, 0.717) is 17.8 Å². The van der Waals surface area contributed by atoms with E-state index < -0.39 is 11.8 Å². The van der Waals surface area contributed by atoms with Crippen molar-refractivity contribution in [3.05, 3.63) is 134 Å². The lowest BCUT2D eigenvalue weighted by atomic mass is 9.97. The second-order valence-electron chi connectivity index (χ2n) is 8.40. The summed E-state index contributed by atoms with van der Waals surface area (Å²) in [6.07, 6.45) is 2.30. The molecule has 0 aromatic heterocycles. The summed E-state index contributed by atoms with van der Waals surface area (Å²) in [6.45, 7) is 0. The van der Waals surface area contributed by atoms with Crippen molar-refractivity contribution in [2.45, 2.75) is 6.42 Å². The number of thiocarbonyl (C=S) groups is 1. The maximum Gasteiger partial charge on any atom is 0.270 e. The summed E-state index contributed by atoms with van der Waals surface area (Å²) in [6, 6.07) is 32.2. The van der Waals surface area contributed by atoms with Crippen LogP contribution in [-0.2, 0) is 16.0 Å². The molecule has 0 radical (unpaired) electrons. The summed E-state index contributed by atoms with van der Waals surface area (Å²) in [4.78, 5) is 30.5. The summed E-state index contributed by atoms with van der Waals surface area (Å²) in [5.41, 5.74) is 4.08. The highest BCUT2D eigenvalue weighted by Gasteiger charge is 2.41. The molecule has 4 aromatic carbocycles. The molecule has 0 saturated carbocycles. The highest BCUT2D eigenvalue weighted by Crippen LogP contribution is 2.31. The largest absolute Gasteiger partial charge is 0.270 e. The Hall–Kier alpha value is -3.39. The second-order valence-corrected chi connectivity index (χ2v) is 10.5. The van der Waals surface area contributed by atoms with Gasteiger partial charge in [0.05, 0.1) is 11.4 Å². The summed E-state index contributed by atoms with van der Waals surface area (Å²) in [7, 11) is 0. The zero-order chi connectivity index (χ0) is 25.9. The Morgan fingerprint density at radius 2 is 1.22 bits per heavy atom. The number of halogens is 2. The van der Waals surface area contributed by atoms with Crippen LogP contribution in [0.1, 0.15) is 16.7 Å². The summed E-state index contributed by atoms with van der Waals surface area (Å²) < 4.78 is 1.85. The average Bonchev–Trinajstić information content (AvgIpc) is 2.90. The highest BCUT2D eigenvalue weighted by molar-refractivity contribution is 9.10. The number of carbonyl (C=O) groups excluding carboxylic acids is 2. The van der Waals surface area contributed by atoms with Gasteiger partial charge >= 0.3 is 0 Å². The van der Waals surface area contributed by atoms with Crippen LogP contribution in [0.5, 0.6) is 0 Å². The molecule has 4 nitrogen and oxygen atoms in total. The monoisotopic (exact) mass is 630 g/mol. The highest BCUT2D eigenvalue weighted by atomic mass is 79.9. The Kier molecular flexibility index (Phi) is 7.46. The van der Waals surface area contributed by atoms with Crippen LogP contribution in [0, 0.1) is 0 Å². The minimum Gasteiger partial charge on any atom is -0.268 e. The van der Waals surface area contributed by atoms with E-state index in [1.807, 2.05) is 78.9 Å². The van der Waals surface area contributed by atoms with Crippen molar-refractivity contribution in [1.82, 2.24) is 0 Å². The number of carbonyl (C=O) groups is 2. The lowest BCUT2D eigenvalue weighted by Gasteiger charge is -2.36. The molecule has 1 aliphatic heterocycles. The minimum atomic E-state index is -0.458. The van der Waals surface area contributed by atoms with E-state index in [1.165, 1.54) is 9.80 Å². The molecule has 0 N–H and O–H groups in total. The molecule has 1 aliphatic rings. The molecule has 4 aromatic rings. The van der Waals surface area contributed by atoms with Crippen LogP contribution < -0.4 is 9.80 Å². The Labute approximate surface area is 237 Å². The van der Waals surface area contributed by atoms with Crippen molar-refractivity contribution in [1.29, 1.82) is 0 Å². The molecular formula is C30H20Br2N2O2S. The molecule has 0 unspecified atom stereocenters. The first-order valence-corrected chi connectivity index (χ1v) is 13.5. The molecule has 0 aliphatic carbocycles. The molecule has 1 saturated heterocycles. The Morgan fingerprint density at radius 1 is 0.676 bits per heavy atom. The first-order chi connectivity index (χ1) is 17.9. The van der Waals surface area contributed by atoms with Gasteiger partial charge in [0.15, 0.2) is 5.11 Å². The van der Waals surface area contributed by atoms with Gasteiger partial charge in [0.25, 0.3) is 11.8 Å². The molecule has 1 fully saturated rings. The van der Waals surface area contributed by atoms with Crippen molar-refractivity contribution in [2.24, 2.45) is 0 Å². The number of nitrogens with zero attached hydrogens (tertiary/aromatic N) is 2. The molecule has 0 bridgehead atoms. The topological polar surface area (TPSA) is 40.6 Å². The van der Waals surface area contributed by atoms with Gasteiger partial charge in [-0.25, -0.2) is 0 Å². The molecular weight excluding hydrogens is 612 g/mol. The van der Waals surface area contributed by atoms with E-state index in [1.54, 1.807) is 30.3 Å². The van der Waals surface area contributed by atoms with Crippen molar-refractivity contribution in [3.63, 3.8) is 0 Å². The third kappa shape index (κ3) is 5.21. The Balaban J connectivity index is 1.65. The van der Waals surface area contributed by atoms with Gasteiger partial charge in [-0.3, -0.25) is 19.4 Å². The Morgan fingerprint density at radius 3 is 1.78 bits per heavy atom. The first kappa shape index (κ1) is 25.3. The van der Waals surface area contributed by atoms with Gasteiger partial charge in [0.2, 0.25) is 0 Å². The van der Waals surface area contributed by atoms with Crippen LogP contribution in [0.15, 0.2) is 118 Å². The third-order valence-corrected chi connectivity index (χ3v) is 7.66. The number of anilines is 2. The van der Waals surface area contributed by atoms with Gasteiger partial charge < -0.3 is 0 Å². The Bertz CT molecular complexity index is 1470. The second kappa shape index (κ2) is 10.9. The fourth-order valence-corrected chi connectivity index (χ4v) is 5.38. The predicted molar refractivity (Wildman–Crippen MR) is 160 cm³/mol. The van der Waals surface area contributed by atoms with Gasteiger partial charge in [-0.05, 0) is 83.9 Å². The van der Waals surface area contributed by atoms with E-state index in [4.69, 9.17) is 12.2 Å². The van der Waals surface area contributed by atoms with E-state index >= 15 is 0 Å². The van der Waals surface area contributed by atoms with Crippen LogP contribution >= 0.6 is 44.1 Å². The maximum atomic E-state index is 13.8.